The molecule has 0 atom stereocenters. The fourth-order valence-electron chi connectivity index (χ4n) is 2.53. The zero-order valence-corrected chi connectivity index (χ0v) is 16.9. The van der Waals surface area contributed by atoms with E-state index in [1.54, 1.807) is 13.8 Å². The van der Waals surface area contributed by atoms with Gasteiger partial charge in [0.05, 0.1) is 6.61 Å². The van der Waals surface area contributed by atoms with Gasteiger partial charge in [-0.25, -0.2) is 4.39 Å². The first-order valence-electron chi connectivity index (χ1n) is 9.45. The highest BCUT2D eigenvalue weighted by Gasteiger charge is 2.17. The number of hydrogen-bond donors (Lipinski definition) is 1. The minimum absolute atomic E-state index is 0.114. The van der Waals surface area contributed by atoms with Crippen molar-refractivity contribution in [3.63, 3.8) is 0 Å². The molecule has 0 aliphatic rings. The monoisotopic (exact) mass is 375 g/mol. The van der Waals surface area contributed by atoms with Crippen LogP contribution in [0.1, 0.15) is 44.4 Å². The van der Waals surface area contributed by atoms with Crippen molar-refractivity contribution in [1.29, 1.82) is 0 Å². The number of aryl methyl sites for hydroxylation is 1. The minimum atomic E-state index is -0.437. The Morgan fingerprint density at radius 2 is 1.81 bits per heavy atom. The normalized spacial score (nSPS) is 9.85. The van der Waals surface area contributed by atoms with Gasteiger partial charge in [-0.05, 0) is 43.0 Å². The topological polar surface area (TPSA) is 47.6 Å². The van der Waals surface area contributed by atoms with Gasteiger partial charge >= 0.3 is 5.97 Å². The standard InChI is InChI=1S/C20H24FNO3.C2H6/c1-4-16-11-17(25-13-15-9-7-6-8-10-15)20(19(21)14(16)3)22-12-18(23)24-5-2;1-2/h6-11,22H,4-5,12-13H2,1-3H3;1-2H3. The lowest BCUT2D eigenvalue weighted by atomic mass is 10.0. The molecule has 2 rings (SSSR count). The molecule has 0 amide bonds. The van der Waals surface area contributed by atoms with Crippen LogP contribution in [-0.2, 0) is 22.6 Å². The van der Waals surface area contributed by atoms with Crippen LogP contribution in [0.5, 0.6) is 5.75 Å². The predicted octanol–water partition coefficient (Wildman–Crippen LogP) is 5.28. The molecule has 0 spiro atoms. The Labute approximate surface area is 161 Å². The average molecular weight is 375 g/mol. The molecule has 27 heavy (non-hydrogen) atoms. The maximum Gasteiger partial charge on any atom is 0.325 e. The summed E-state index contributed by atoms with van der Waals surface area (Å²) in [6.07, 6.45) is 0.697. The molecular formula is C22H30FNO3. The van der Waals surface area contributed by atoms with Gasteiger partial charge in [-0.15, -0.1) is 0 Å². The number of ether oxygens (including phenoxy) is 2. The number of rotatable bonds is 8. The van der Waals surface area contributed by atoms with Crippen LogP contribution in [0.4, 0.5) is 10.1 Å². The molecule has 0 aromatic heterocycles. The summed E-state index contributed by atoms with van der Waals surface area (Å²) in [5.41, 5.74) is 2.61. The highest BCUT2D eigenvalue weighted by atomic mass is 19.1. The summed E-state index contributed by atoms with van der Waals surface area (Å²) in [5.74, 6) is -0.437. The molecule has 0 unspecified atom stereocenters. The second-order valence-corrected chi connectivity index (χ2v) is 5.63. The molecule has 0 radical (unpaired) electrons. The molecule has 0 fully saturated rings. The van der Waals surface area contributed by atoms with E-state index in [0.717, 1.165) is 11.1 Å². The predicted molar refractivity (Wildman–Crippen MR) is 108 cm³/mol. The van der Waals surface area contributed by atoms with E-state index in [1.165, 1.54) is 0 Å². The second-order valence-electron chi connectivity index (χ2n) is 5.63. The fraction of sp³-hybridized carbons (Fsp3) is 0.409. The van der Waals surface area contributed by atoms with Crippen LogP contribution in [0.3, 0.4) is 0 Å². The molecule has 0 bridgehead atoms. The maximum absolute atomic E-state index is 14.8. The zero-order chi connectivity index (χ0) is 20.2. The van der Waals surface area contributed by atoms with Gasteiger partial charge in [0.25, 0.3) is 0 Å². The number of anilines is 1. The first kappa shape index (κ1) is 22.5. The summed E-state index contributed by atoms with van der Waals surface area (Å²) in [7, 11) is 0. The summed E-state index contributed by atoms with van der Waals surface area (Å²) >= 11 is 0. The molecule has 148 valence electrons. The van der Waals surface area contributed by atoms with Gasteiger partial charge in [0.1, 0.15) is 24.6 Å². The molecule has 1 N–H and O–H groups in total. The number of benzene rings is 2. The van der Waals surface area contributed by atoms with Gasteiger partial charge in [0.2, 0.25) is 0 Å². The molecule has 0 heterocycles. The summed E-state index contributed by atoms with van der Waals surface area (Å²) in [6.45, 7) is 9.92. The second kappa shape index (κ2) is 11.9. The largest absolute Gasteiger partial charge is 0.487 e. The molecule has 2 aromatic rings. The van der Waals surface area contributed by atoms with Crippen molar-refractivity contribution in [3.05, 3.63) is 58.9 Å². The Kier molecular flexibility index (Phi) is 9.94. The molecular weight excluding hydrogens is 345 g/mol. The molecule has 4 nitrogen and oxygen atoms in total. The van der Waals surface area contributed by atoms with E-state index >= 15 is 0 Å². The Balaban J connectivity index is 0.00000176. The van der Waals surface area contributed by atoms with E-state index < -0.39 is 11.8 Å². The Bertz CT molecular complexity index is 717. The van der Waals surface area contributed by atoms with Gasteiger partial charge in [0.15, 0.2) is 5.82 Å². The van der Waals surface area contributed by atoms with Gasteiger partial charge in [-0.2, -0.15) is 0 Å². The van der Waals surface area contributed by atoms with Crippen LogP contribution in [0.2, 0.25) is 0 Å². The summed E-state index contributed by atoms with van der Waals surface area (Å²) in [4.78, 5) is 11.6. The van der Waals surface area contributed by atoms with Crippen LogP contribution in [0.25, 0.3) is 0 Å². The lowest BCUT2D eigenvalue weighted by Gasteiger charge is -2.17. The number of halogens is 1. The highest BCUT2D eigenvalue weighted by molar-refractivity contribution is 5.76. The van der Waals surface area contributed by atoms with Gasteiger partial charge in [-0.1, -0.05) is 51.1 Å². The number of carbonyl (C=O) groups is 1. The molecule has 0 saturated carbocycles. The smallest absolute Gasteiger partial charge is 0.325 e. The lowest BCUT2D eigenvalue weighted by Crippen LogP contribution is -2.18. The summed E-state index contributed by atoms with van der Waals surface area (Å²) in [6, 6.07) is 11.5. The van der Waals surface area contributed by atoms with E-state index in [1.807, 2.05) is 57.2 Å². The molecule has 0 aliphatic carbocycles. The van der Waals surface area contributed by atoms with E-state index in [2.05, 4.69) is 5.32 Å². The maximum atomic E-state index is 14.8. The average Bonchev–Trinajstić information content (AvgIpc) is 2.70. The van der Waals surface area contributed by atoms with E-state index in [4.69, 9.17) is 9.47 Å². The van der Waals surface area contributed by atoms with Crippen LogP contribution in [-0.4, -0.2) is 19.1 Å². The van der Waals surface area contributed by atoms with Gasteiger partial charge < -0.3 is 14.8 Å². The third-order valence-electron chi connectivity index (χ3n) is 3.92. The fourth-order valence-corrected chi connectivity index (χ4v) is 2.53. The van der Waals surface area contributed by atoms with Crippen LogP contribution in [0.15, 0.2) is 36.4 Å². The Hall–Kier alpha value is -2.56. The third-order valence-corrected chi connectivity index (χ3v) is 3.92. The van der Waals surface area contributed by atoms with E-state index in [-0.39, 0.29) is 18.8 Å². The Morgan fingerprint density at radius 1 is 1.15 bits per heavy atom. The molecule has 2 aromatic carbocycles. The van der Waals surface area contributed by atoms with Gasteiger partial charge in [-0.3, -0.25) is 4.79 Å². The van der Waals surface area contributed by atoms with Crippen LogP contribution in [0, 0.1) is 12.7 Å². The molecule has 0 aliphatic heterocycles. The quantitative estimate of drug-likeness (QED) is 0.638. The Morgan fingerprint density at radius 3 is 2.41 bits per heavy atom. The van der Waals surface area contributed by atoms with Crippen molar-refractivity contribution >= 4 is 11.7 Å². The minimum Gasteiger partial charge on any atom is -0.487 e. The molecule has 0 saturated heterocycles. The van der Waals surface area contributed by atoms with Crippen molar-refractivity contribution < 1.29 is 18.7 Å². The van der Waals surface area contributed by atoms with Crippen molar-refractivity contribution in [2.24, 2.45) is 0 Å². The summed E-state index contributed by atoms with van der Waals surface area (Å²) < 4.78 is 25.5. The highest BCUT2D eigenvalue weighted by Crippen LogP contribution is 2.33. The third kappa shape index (κ3) is 6.59. The zero-order valence-electron chi connectivity index (χ0n) is 16.9. The van der Waals surface area contributed by atoms with E-state index in [9.17, 15) is 9.18 Å². The van der Waals surface area contributed by atoms with Crippen molar-refractivity contribution in [2.75, 3.05) is 18.5 Å². The number of hydrogen-bond acceptors (Lipinski definition) is 4. The van der Waals surface area contributed by atoms with Crippen LogP contribution < -0.4 is 10.1 Å². The number of carbonyl (C=O) groups excluding carboxylic acids is 1. The van der Waals surface area contributed by atoms with Crippen LogP contribution >= 0.6 is 0 Å². The van der Waals surface area contributed by atoms with Crippen molar-refractivity contribution in [3.8, 4) is 5.75 Å². The van der Waals surface area contributed by atoms with Gasteiger partial charge in [0, 0.05) is 0 Å². The first-order valence-corrected chi connectivity index (χ1v) is 9.45. The summed E-state index contributed by atoms with van der Waals surface area (Å²) in [5, 5.41) is 2.82. The van der Waals surface area contributed by atoms with Crippen molar-refractivity contribution in [1.82, 2.24) is 0 Å². The number of esters is 1. The van der Waals surface area contributed by atoms with Crippen molar-refractivity contribution in [2.45, 2.75) is 47.6 Å². The first-order chi connectivity index (χ1) is 13.1. The molecule has 5 heteroatoms. The SMILES string of the molecule is CC.CCOC(=O)CNc1c(OCc2ccccc2)cc(CC)c(C)c1F. The lowest BCUT2D eigenvalue weighted by molar-refractivity contribution is -0.140. The van der Waals surface area contributed by atoms with E-state index in [0.29, 0.717) is 24.3 Å². The number of nitrogens with one attached hydrogen (secondary N) is 1.